The van der Waals surface area contributed by atoms with Crippen LogP contribution in [0.5, 0.6) is 0 Å². The molecule has 0 aliphatic rings. The van der Waals surface area contributed by atoms with E-state index in [1.54, 1.807) is 6.07 Å². The molecule has 49 heavy (non-hydrogen) atoms. The number of benzene rings is 5. The van der Waals surface area contributed by atoms with Gasteiger partial charge in [0.05, 0.1) is 11.5 Å². The standard InChI is InChI=1S/C31H19F3N.C11H20O2.Ir/c1-17-11-18(2)13-22(12-17)31-27-8-7-24-23-5-3-19(21-15-28(32)30(34)29(33)16-21)14-20(23)4-6-25(24)26(27)9-10-35-31;1-10(2,3)8(12)7-9(13)11(4,5)6;/h3-12,14-16H,1-2H3;7,12H,1-6H3;/q-1;;/p+1/b;8-7-;. The Morgan fingerprint density at radius 1 is 0.714 bits per heavy atom. The maximum absolute atomic E-state index is 13.8. The van der Waals surface area contributed by atoms with E-state index in [9.17, 15) is 23.1 Å². The van der Waals surface area contributed by atoms with E-state index in [-0.39, 0.29) is 42.5 Å². The van der Waals surface area contributed by atoms with E-state index in [2.05, 4.69) is 48.3 Å². The first-order valence-electron chi connectivity index (χ1n) is 15.8. The second-order valence-electron chi connectivity index (χ2n) is 14.3. The van der Waals surface area contributed by atoms with Crippen molar-refractivity contribution in [3.63, 3.8) is 0 Å². The fourth-order valence-corrected chi connectivity index (χ4v) is 5.51. The third kappa shape index (κ3) is 8.12. The fourth-order valence-electron chi connectivity index (χ4n) is 5.51. The first kappa shape index (κ1) is 37.5. The maximum atomic E-state index is 13.8. The number of allylic oxidation sites excluding steroid dienone is 2. The van der Waals surface area contributed by atoms with Crippen molar-refractivity contribution in [2.45, 2.75) is 55.4 Å². The van der Waals surface area contributed by atoms with Gasteiger partial charge in [0.1, 0.15) is 5.76 Å². The van der Waals surface area contributed by atoms with Crippen molar-refractivity contribution in [1.82, 2.24) is 4.98 Å². The first-order chi connectivity index (χ1) is 22.4. The number of fused-ring (bicyclic) bond motifs is 5. The number of aliphatic hydroxyl groups is 1. The van der Waals surface area contributed by atoms with Gasteiger partial charge in [0.25, 0.3) is 0 Å². The van der Waals surface area contributed by atoms with Crippen LogP contribution < -0.4 is 0 Å². The monoisotopic (exact) mass is 840 g/mol. The average Bonchev–Trinajstić information content (AvgIpc) is 3.01. The zero-order valence-corrected chi connectivity index (χ0v) is 31.3. The van der Waals surface area contributed by atoms with Crippen LogP contribution in [0.2, 0.25) is 0 Å². The zero-order chi connectivity index (χ0) is 35.1. The van der Waals surface area contributed by atoms with Crippen LogP contribution in [0.1, 0.15) is 52.7 Å². The molecule has 0 spiro atoms. The molecule has 1 radical (unpaired) electrons. The van der Waals surface area contributed by atoms with Crippen molar-refractivity contribution in [3.05, 3.63) is 125 Å². The van der Waals surface area contributed by atoms with E-state index in [1.807, 2.05) is 78.9 Å². The minimum Gasteiger partial charge on any atom is -0.511 e. The third-order valence-corrected chi connectivity index (χ3v) is 8.29. The molecule has 0 atom stereocenters. The summed E-state index contributed by atoms with van der Waals surface area (Å²) in [4.78, 5) is 14.3. The Balaban J connectivity index is 0.000000332. The molecule has 0 fully saturated rings. The maximum Gasteiger partial charge on any atom is 0.325 e. The van der Waals surface area contributed by atoms with Gasteiger partial charge in [-0.05, 0) is 94.2 Å². The van der Waals surface area contributed by atoms with Crippen LogP contribution in [0.4, 0.5) is 13.2 Å². The minimum atomic E-state index is -1.46. The molecule has 0 unspecified atom stereocenters. The number of pyridine rings is 1. The van der Waals surface area contributed by atoms with Crippen molar-refractivity contribution in [3.8, 4) is 22.4 Å². The number of halogens is 3. The van der Waals surface area contributed by atoms with E-state index < -0.39 is 17.5 Å². The molecule has 6 aromatic rings. The van der Waals surface area contributed by atoms with Gasteiger partial charge in [0.15, 0.2) is 17.5 Å². The Morgan fingerprint density at radius 2 is 1.29 bits per heavy atom. The predicted octanol–water partition coefficient (Wildman–Crippen LogP) is 11.8. The molecule has 0 saturated heterocycles. The topological polar surface area (TPSA) is 54.5 Å². The molecule has 0 aliphatic carbocycles. The molecule has 255 valence electrons. The smallest absolute Gasteiger partial charge is 0.325 e. The largest absolute Gasteiger partial charge is 0.511 e. The van der Waals surface area contributed by atoms with Gasteiger partial charge < -0.3 is 10.1 Å². The third-order valence-electron chi connectivity index (χ3n) is 8.29. The van der Waals surface area contributed by atoms with Gasteiger partial charge in [-0.1, -0.05) is 71.0 Å². The number of aliphatic hydroxyl groups excluding tert-OH is 1. The average molecular weight is 840 g/mol. The molecule has 6 rings (SSSR count). The zero-order valence-electron chi connectivity index (χ0n) is 28.9. The molecule has 0 amide bonds. The fraction of sp³-hybridized carbons (Fsp3) is 0.238. The summed E-state index contributed by atoms with van der Waals surface area (Å²) < 4.78 is 40.9. The second-order valence-corrected chi connectivity index (χ2v) is 14.3. The van der Waals surface area contributed by atoms with E-state index in [1.165, 1.54) is 11.6 Å². The molecular formula is C42H40F3IrNO2. The quantitative estimate of drug-likeness (QED) is 0.0482. The second kappa shape index (κ2) is 14.3. The number of ketones is 1. The van der Waals surface area contributed by atoms with Gasteiger partial charge in [-0.25, -0.2) is 13.2 Å². The summed E-state index contributed by atoms with van der Waals surface area (Å²) >= 11 is 0. The van der Waals surface area contributed by atoms with Gasteiger partial charge in [-0.15, -0.1) is 34.9 Å². The molecule has 5 aromatic carbocycles. The van der Waals surface area contributed by atoms with Gasteiger partial charge in [-0.3, -0.25) is 4.79 Å². The van der Waals surface area contributed by atoms with E-state index >= 15 is 0 Å². The molecule has 2 N–H and O–H groups in total. The van der Waals surface area contributed by atoms with Crippen LogP contribution in [-0.4, -0.2) is 20.7 Å². The summed E-state index contributed by atoms with van der Waals surface area (Å²) in [5, 5.41) is 15.9. The van der Waals surface area contributed by atoms with Gasteiger partial charge >= 0.3 is 5.78 Å². The van der Waals surface area contributed by atoms with Crippen LogP contribution in [0.3, 0.4) is 0 Å². The Labute approximate surface area is 299 Å². The van der Waals surface area contributed by atoms with E-state index in [4.69, 9.17) is 0 Å². The normalized spacial score (nSPS) is 12.1. The van der Waals surface area contributed by atoms with Crippen molar-refractivity contribution >= 4 is 38.1 Å². The molecule has 3 nitrogen and oxygen atoms in total. The number of aromatic nitrogens is 1. The van der Waals surface area contributed by atoms with Gasteiger partial charge in [-0.2, -0.15) is 0 Å². The Kier molecular flexibility index (Phi) is 10.9. The Morgan fingerprint density at radius 3 is 1.90 bits per heavy atom. The van der Waals surface area contributed by atoms with Crippen molar-refractivity contribution < 1.29 is 43.2 Å². The van der Waals surface area contributed by atoms with Crippen LogP contribution in [0.25, 0.3) is 54.7 Å². The molecule has 1 aromatic heterocycles. The summed E-state index contributed by atoms with van der Waals surface area (Å²) in [5.74, 6) is -3.44. The number of rotatable bonds is 3. The molecule has 0 bridgehead atoms. The number of carbonyl (C=O) groups excluding carboxylic acids is 1. The van der Waals surface area contributed by atoms with E-state index in [0.717, 1.165) is 61.3 Å². The Bertz CT molecular complexity index is 2200. The molecular weight excluding hydrogens is 800 g/mol. The minimum absolute atomic E-state index is 0. The van der Waals surface area contributed by atoms with E-state index in [0.29, 0.717) is 11.1 Å². The van der Waals surface area contributed by atoms with Crippen LogP contribution in [-0.2, 0) is 20.1 Å². The van der Waals surface area contributed by atoms with Crippen molar-refractivity contribution in [2.75, 3.05) is 0 Å². The van der Waals surface area contributed by atoms with Crippen LogP contribution in [0, 0.1) is 48.2 Å². The summed E-state index contributed by atoms with van der Waals surface area (Å²) in [6, 6.07) is 25.5. The van der Waals surface area contributed by atoms with Crippen molar-refractivity contribution in [2.24, 2.45) is 10.8 Å². The number of hydrogen-bond donors (Lipinski definition) is 1. The molecule has 7 heteroatoms. The SMILES string of the molecule is CC(C)(C)C(=[OH+])/C=C(\O)C(C)(C)C.Cc1[c-]c(-c2nccc3c2ccc2c4ccc(-c5cc(F)c(F)c(F)c5)cc4ccc32)cc(C)c1.[Ir]. The summed E-state index contributed by atoms with van der Waals surface area (Å²) in [6.07, 6.45) is 3.27. The Hall–Kier alpha value is -4.32. The van der Waals surface area contributed by atoms with Crippen LogP contribution in [0.15, 0.2) is 90.8 Å². The van der Waals surface area contributed by atoms with Gasteiger partial charge in [0, 0.05) is 31.7 Å². The number of hydrogen-bond acceptors (Lipinski definition) is 2. The predicted molar refractivity (Wildman–Crippen MR) is 192 cm³/mol. The summed E-state index contributed by atoms with van der Waals surface area (Å²) in [7, 11) is 0. The first-order valence-corrected chi connectivity index (χ1v) is 15.8. The summed E-state index contributed by atoms with van der Waals surface area (Å²) in [5.41, 5.74) is 4.40. The molecule has 0 saturated carbocycles. The summed E-state index contributed by atoms with van der Waals surface area (Å²) in [6.45, 7) is 15.5. The molecule has 0 aliphatic heterocycles. The number of nitrogens with zero attached hydrogens (tertiary/aromatic N) is 1. The van der Waals surface area contributed by atoms with Crippen molar-refractivity contribution in [1.29, 1.82) is 0 Å². The van der Waals surface area contributed by atoms with Crippen LogP contribution >= 0.6 is 0 Å². The molecule has 1 heterocycles. The number of aryl methyl sites for hydroxylation is 2. The van der Waals surface area contributed by atoms with Gasteiger partial charge in [0.2, 0.25) is 0 Å².